The molecule has 1 atom stereocenters. The van der Waals surface area contributed by atoms with Crippen LogP contribution in [0.2, 0.25) is 0 Å². The highest BCUT2D eigenvalue weighted by molar-refractivity contribution is 7.10. The third-order valence-corrected chi connectivity index (χ3v) is 4.88. The second-order valence-corrected chi connectivity index (χ2v) is 6.54. The predicted molar refractivity (Wildman–Crippen MR) is 95.9 cm³/mol. The predicted octanol–water partition coefficient (Wildman–Crippen LogP) is 2.72. The molecule has 6 nitrogen and oxygen atoms in total. The van der Waals surface area contributed by atoms with Gasteiger partial charge in [0.2, 0.25) is 0 Å². The van der Waals surface area contributed by atoms with Crippen LogP contribution in [0.15, 0.2) is 29.4 Å². The maximum Gasteiger partial charge on any atom is 0.256 e. The lowest BCUT2D eigenvalue weighted by atomic mass is 10.0. The molecule has 0 spiro atoms. The highest BCUT2D eigenvalue weighted by Gasteiger charge is 2.24. The number of aryl methyl sites for hydroxylation is 2. The van der Waals surface area contributed by atoms with Crippen LogP contribution in [0.3, 0.4) is 0 Å². The molecule has 0 saturated carbocycles. The lowest BCUT2D eigenvalue weighted by molar-refractivity contribution is 0.0754. The molecule has 1 amide bonds. The minimum absolute atomic E-state index is 0.141. The van der Waals surface area contributed by atoms with Crippen molar-refractivity contribution in [2.45, 2.75) is 26.4 Å². The van der Waals surface area contributed by atoms with Gasteiger partial charge in [0, 0.05) is 13.5 Å². The van der Waals surface area contributed by atoms with E-state index in [1.54, 1.807) is 7.05 Å². The van der Waals surface area contributed by atoms with Crippen molar-refractivity contribution >= 4 is 28.2 Å². The lowest BCUT2D eigenvalue weighted by Gasteiger charge is -2.10. The molecule has 0 unspecified atom stereocenters. The summed E-state index contributed by atoms with van der Waals surface area (Å²) in [6.07, 6.45) is 0.540. The fourth-order valence-electron chi connectivity index (χ4n) is 2.56. The van der Waals surface area contributed by atoms with Crippen LogP contribution in [0.1, 0.15) is 33.6 Å². The zero-order valence-corrected chi connectivity index (χ0v) is 14.7. The number of oxime groups is 1. The highest BCUT2D eigenvalue weighted by Crippen LogP contribution is 2.24. The molecule has 1 aliphatic rings. The molecular weight excluding hydrogens is 324 g/mol. The summed E-state index contributed by atoms with van der Waals surface area (Å²) in [5.74, 6) is -0.141. The lowest BCUT2D eigenvalue weighted by Crippen LogP contribution is -2.32. The number of amides is 1. The molecule has 0 saturated heterocycles. The van der Waals surface area contributed by atoms with Gasteiger partial charge in [-0.3, -0.25) is 4.79 Å². The smallest absolute Gasteiger partial charge is 0.256 e. The van der Waals surface area contributed by atoms with E-state index in [1.807, 2.05) is 19.1 Å². The van der Waals surface area contributed by atoms with Crippen LogP contribution in [-0.2, 0) is 4.84 Å². The minimum Gasteiger partial charge on any atom is -0.390 e. The first-order valence-corrected chi connectivity index (χ1v) is 8.57. The summed E-state index contributed by atoms with van der Waals surface area (Å²) in [6, 6.07) is 8.19. The van der Waals surface area contributed by atoms with Gasteiger partial charge in [0.25, 0.3) is 5.91 Å². The second-order valence-electron chi connectivity index (χ2n) is 5.77. The Morgan fingerprint density at radius 3 is 2.79 bits per heavy atom. The summed E-state index contributed by atoms with van der Waals surface area (Å²) in [6.45, 7) is 4.29. The van der Waals surface area contributed by atoms with Crippen LogP contribution in [0.25, 0.3) is 0 Å². The molecule has 7 heteroatoms. The average molecular weight is 344 g/mol. The number of rotatable bonds is 5. The molecule has 0 bridgehead atoms. The van der Waals surface area contributed by atoms with Crippen molar-refractivity contribution in [2.75, 3.05) is 18.9 Å². The first-order chi connectivity index (χ1) is 11.6. The van der Waals surface area contributed by atoms with E-state index in [0.717, 1.165) is 22.0 Å². The van der Waals surface area contributed by atoms with Crippen LogP contribution in [0.5, 0.6) is 0 Å². The van der Waals surface area contributed by atoms with Gasteiger partial charge in [0.15, 0.2) is 0 Å². The van der Waals surface area contributed by atoms with Gasteiger partial charge in [-0.05, 0) is 30.9 Å². The van der Waals surface area contributed by atoms with Crippen LogP contribution in [-0.4, -0.2) is 35.7 Å². The second kappa shape index (κ2) is 7.00. The SMILES string of the molecule is CNc1snc(C)c1C(=O)NC[C@@H]1CC(c2ccc(C)cc2)=NO1. The molecule has 3 rings (SSSR count). The maximum atomic E-state index is 12.4. The minimum atomic E-state index is -0.143. The van der Waals surface area contributed by atoms with Crippen LogP contribution < -0.4 is 10.6 Å². The Bertz CT molecular complexity index is 767. The largest absolute Gasteiger partial charge is 0.390 e. The molecule has 2 aromatic rings. The van der Waals surface area contributed by atoms with Crippen molar-refractivity contribution in [3.63, 3.8) is 0 Å². The molecule has 24 heavy (non-hydrogen) atoms. The monoisotopic (exact) mass is 344 g/mol. The Morgan fingerprint density at radius 2 is 2.08 bits per heavy atom. The summed E-state index contributed by atoms with van der Waals surface area (Å²) < 4.78 is 4.21. The van der Waals surface area contributed by atoms with Crippen LogP contribution in [0, 0.1) is 13.8 Å². The van der Waals surface area contributed by atoms with E-state index in [4.69, 9.17) is 4.84 Å². The highest BCUT2D eigenvalue weighted by atomic mass is 32.1. The number of aromatic nitrogens is 1. The molecular formula is C17H20N4O2S. The summed E-state index contributed by atoms with van der Waals surface area (Å²) in [4.78, 5) is 17.8. The van der Waals surface area contributed by atoms with Crippen molar-refractivity contribution in [2.24, 2.45) is 5.16 Å². The summed E-state index contributed by atoms with van der Waals surface area (Å²) >= 11 is 1.29. The van der Waals surface area contributed by atoms with E-state index in [1.165, 1.54) is 17.1 Å². The summed E-state index contributed by atoms with van der Waals surface area (Å²) in [5, 5.41) is 10.8. The van der Waals surface area contributed by atoms with Crippen LogP contribution in [0.4, 0.5) is 5.00 Å². The van der Waals surface area contributed by atoms with Crippen molar-refractivity contribution < 1.29 is 9.63 Å². The zero-order valence-electron chi connectivity index (χ0n) is 13.9. The van der Waals surface area contributed by atoms with Gasteiger partial charge in [-0.15, -0.1) is 0 Å². The van der Waals surface area contributed by atoms with Gasteiger partial charge >= 0.3 is 0 Å². The number of benzene rings is 1. The fourth-order valence-corrected chi connectivity index (χ4v) is 3.30. The Kier molecular flexibility index (Phi) is 4.80. The van der Waals surface area contributed by atoms with E-state index in [-0.39, 0.29) is 12.0 Å². The molecule has 0 fully saturated rings. The Balaban J connectivity index is 1.56. The third kappa shape index (κ3) is 3.41. The number of nitrogens with zero attached hydrogens (tertiary/aromatic N) is 2. The number of anilines is 1. The van der Waals surface area contributed by atoms with Gasteiger partial charge in [0.1, 0.15) is 11.1 Å². The van der Waals surface area contributed by atoms with Crippen molar-refractivity contribution in [3.8, 4) is 0 Å². The average Bonchev–Trinajstić information content (AvgIpc) is 3.20. The van der Waals surface area contributed by atoms with E-state index in [0.29, 0.717) is 18.5 Å². The standard InChI is InChI=1S/C17H20N4O2S/c1-10-4-6-12(7-5-10)14-8-13(23-20-14)9-19-16(22)15-11(2)21-24-17(15)18-3/h4-7,13,18H,8-9H2,1-3H3,(H,19,22)/t13-/m0/s1. The quantitative estimate of drug-likeness (QED) is 0.874. The molecule has 1 aromatic carbocycles. The van der Waals surface area contributed by atoms with E-state index >= 15 is 0 Å². The Labute approximate surface area is 145 Å². The van der Waals surface area contributed by atoms with Crippen LogP contribution >= 0.6 is 11.5 Å². The summed E-state index contributed by atoms with van der Waals surface area (Å²) in [5.41, 5.74) is 4.51. The van der Waals surface area contributed by atoms with Gasteiger partial charge in [0.05, 0.1) is 23.5 Å². The number of hydrogen-bond donors (Lipinski definition) is 2. The van der Waals surface area contributed by atoms with E-state index < -0.39 is 0 Å². The van der Waals surface area contributed by atoms with Crippen molar-refractivity contribution in [1.29, 1.82) is 0 Å². The summed E-state index contributed by atoms with van der Waals surface area (Å²) in [7, 11) is 1.78. The number of carbonyl (C=O) groups is 1. The van der Waals surface area contributed by atoms with Gasteiger partial charge in [-0.25, -0.2) is 0 Å². The Morgan fingerprint density at radius 1 is 1.33 bits per heavy atom. The van der Waals surface area contributed by atoms with Gasteiger partial charge in [-0.2, -0.15) is 4.37 Å². The van der Waals surface area contributed by atoms with Crippen molar-refractivity contribution in [1.82, 2.24) is 9.69 Å². The number of hydrogen-bond acceptors (Lipinski definition) is 6. The number of carbonyl (C=O) groups excluding carboxylic acids is 1. The van der Waals surface area contributed by atoms with Gasteiger partial charge in [-0.1, -0.05) is 35.0 Å². The normalized spacial score (nSPS) is 16.5. The molecule has 1 aliphatic heterocycles. The fraction of sp³-hybridized carbons (Fsp3) is 0.353. The van der Waals surface area contributed by atoms with E-state index in [2.05, 4.69) is 39.2 Å². The van der Waals surface area contributed by atoms with Crippen molar-refractivity contribution in [3.05, 3.63) is 46.6 Å². The Hall–Kier alpha value is -2.41. The number of nitrogens with one attached hydrogen (secondary N) is 2. The molecule has 126 valence electrons. The molecule has 2 heterocycles. The molecule has 0 aliphatic carbocycles. The zero-order chi connectivity index (χ0) is 17.1. The molecule has 0 radical (unpaired) electrons. The van der Waals surface area contributed by atoms with E-state index in [9.17, 15) is 4.79 Å². The maximum absolute atomic E-state index is 12.4. The topological polar surface area (TPSA) is 75.6 Å². The van der Waals surface area contributed by atoms with Gasteiger partial charge < -0.3 is 15.5 Å². The third-order valence-electron chi connectivity index (χ3n) is 3.92. The molecule has 2 N–H and O–H groups in total. The molecule has 1 aromatic heterocycles. The first kappa shape index (κ1) is 16.4. The first-order valence-electron chi connectivity index (χ1n) is 7.80.